The fourth-order valence-corrected chi connectivity index (χ4v) is 4.18. The van der Waals surface area contributed by atoms with E-state index in [-0.39, 0.29) is 58.6 Å². The molecule has 0 amide bonds. The Morgan fingerprint density at radius 2 is 2.00 bits per heavy atom. The zero-order valence-electron chi connectivity index (χ0n) is 17.0. The normalized spacial score (nSPS) is 12.1. The summed E-state index contributed by atoms with van der Waals surface area (Å²) < 4.78 is 15.3. The summed E-state index contributed by atoms with van der Waals surface area (Å²) in [5.74, 6) is -0.811. The second-order valence-corrected chi connectivity index (χ2v) is 7.58. The van der Waals surface area contributed by atoms with Crippen LogP contribution in [0.25, 0.3) is 6.08 Å². The summed E-state index contributed by atoms with van der Waals surface area (Å²) in [5.41, 5.74) is -0.145. The second-order valence-electron chi connectivity index (χ2n) is 6.48. The SMILES string of the molecule is CCOC(=O)c1sc(CC(=O)/C(C#N)=C/c2cc3c(cc2[N+](=O)[O-])OCO3)c(C#N)c1C. The average molecular weight is 453 g/mol. The molecule has 0 N–H and O–H groups in total. The Balaban J connectivity index is 1.97. The third-order valence-corrected chi connectivity index (χ3v) is 5.82. The molecular formula is C21H15N3O7S. The molecule has 0 saturated carbocycles. The first-order chi connectivity index (χ1) is 15.3. The number of nitriles is 2. The van der Waals surface area contributed by atoms with Gasteiger partial charge in [-0.2, -0.15) is 10.5 Å². The molecule has 3 rings (SSSR count). The maximum absolute atomic E-state index is 12.8. The van der Waals surface area contributed by atoms with Crippen molar-refractivity contribution in [1.29, 1.82) is 10.5 Å². The molecule has 162 valence electrons. The summed E-state index contributed by atoms with van der Waals surface area (Å²) in [7, 11) is 0. The van der Waals surface area contributed by atoms with Crippen LogP contribution in [-0.2, 0) is 16.0 Å². The summed E-state index contributed by atoms with van der Waals surface area (Å²) in [4.78, 5) is 36.2. The molecule has 2 heterocycles. The van der Waals surface area contributed by atoms with Gasteiger partial charge in [0.05, 0.1) is 34.3 Å². The van der Waals surface area contributed by atoms with Crippen molar-refractivity contribution in [1.82, 2.24) is 0 Å². The van der Waals surface area contributed by atoms with Gasteiger partial charge in [0.1, 0.15) is 17.0 Å². The fraction of sp³-hybridized carbons (Fsp3) is 0.238. The number of nitrogens with zero attached hydrogens (tertiary/aromatic N) is 3. The zero-order chi connectivity index (χ0) is 23.4. The Bertz CT molecular complexity index is 1250. The third-order valence-electron chi connectivity index (χ3n) is 4.55. The van der Waals surface area contributed by atoms with Crippen molar-refractivity contribution in [2.45, 2.75) is 20.3 Å². The number of rotatable bonds is 7. The van der Waals surface area contributed by atoms with Crippen LogP contribution in [0.1, 0.15) is 38.2 Å². The number of hydrogen-bond acceptors (Lipinski definition) is 10. The van der Waals surface area contributed by atoms with Crippen LogP contribution in [0.3, 0.4) is 0 Å². The molecule has 0 saturated heterocycles. The van der Waals surface area contributed by atoms with Gasteiger partial charge < -0.3 is 14.2 Å². The predicted molar refractivity (Wildman–Crippen MR) is 111 cm³/mol. The monoisotopic (exact) mass is 453 g/mol. The molecule has 0 fully saturated rings. The highest BCUT2D eigenvalue weighted by atomic mass is 32.1. The number of ether oxygens (including phenoxy) is 3. The Morgan fingerprint density at radius 3 is 2.59 bits per heavy atom. The Kier molecular flexibility index (Phi) is 6.52. The Morgan fingerprint density at radius 1 is 1.31 bits per heavy atom. The molecule has 0 radical (unpaired) electrons. The predicted octanol–water partition coefficient (Wildman–Crippen LogP) is 3.46. The summed E-state index contributed by atoms with van der Waals surface area (Å²) in [6.07, 6.45) is 0.771. The number of nitro groups is 1. The molecule has 1 aromatic carbocycles. The molecule has 32 heavy (non-hydrogen) atoms. The van der Waals surface area contributed by atoms with Gasteiger partial charge in [-0.15, -0.1) is 11.3 Å². The van der Waals surface area contributed by atoms with Gasteiger partial charge in [0.25, 0.3) is 5.69 Å². The van der Waals surface area contributed by atoms with E-state index < -0.39 is 16.7 Å². The lowest BCUT2D eigenvalue weighted by Gasteiger charge is -2.03. The van der Waals surface area contributed by atoms with Crippen LogP contribution in [0, 0.1) is 39.7 Å². The van der Waals surface area contributed by atoms with E-state index in [9.17, 15) is 30.2 Å². The summed E-state index contributed by atoms with van der Waals surface area (Å²) in [6.45, 7) is 3.28. The van der Waals surface area contributed by atoms with Crippen LogP contribution in [-0.4, -0.2) is 30.1 Å². The minimum absolute atomic E-state index is 0.000714. The van der Waals surface area contributed by atoms with Crippen LogP contribution in [0.15, 0.2) is 17.7 Å². The molecule has 0 atom stereocenters. The van der Waals surface area contributed by atoms with Crippen LogP contribution in [0.5, 0.6) is 11.5 Å². The largest absolute Gasteiger partial charge is 0.462 e. The lowest BCUT2D eigenvalue weighted by Crippen LogP contribution is -2.05. The van der Waals surface area contributed by atoms with Crippen molar-refractivity contribution in [3.8, 4) is 23.6 Å². The van der Waals surface area contributed by atoms with E-state index in [1.54, 1.807) is 19.9 Å². The number of esters is 1. The van der Waals surface area contributed by atoms with Crippen molar-refractivity contribution in [3.05, 3.63) is 54.3 Å². The van der Waals surface area contributed by atoms with E-state index >= 15 is 0 Å². The molecule has 10 nitrogen and oxygen atoms in total. The number of benzene rings is 1. The first-order valence-corrected chi connectivity index (χ1v) is 10.0. The number of hydrogen-bond donors (Lipinski definition) is 0. The van der Waals surface area contributed by atoms with E-state index in [1.807, 2.05) is 6.07 Å². The maximum atomic E-state index is 12.8. The van der Waals surface area contributed by atoms with Gasteiger partial charge in [0, 0.05) is 11.3 Å². The maximum Gasteiger partial charge on any atom is 0.348 e. The summed E-state index contributed by atoms with van der Waals surface area (Å²) in [6, 6.07) is 6.21. The molecule has 0 spiro atoms. The van der Waals surface area contributed by atoms with E-state index in [0.29, 0.717) is 10.4 Å². The lowest BCUT2D eigenvalue weighted by atomic mass is 10.0. The van der Waals surface area contributed by atoms with Gasteiger partial charge in [0.15, 0.2) is 17.3 Å². The molecule has 0 bridgehead atoms. The van der Waals surface area contributed by atoms with Crippen molar-refractivity contribution in [3.63, 3.8) is 0 Å². The van der Waals surface area contributed by atoms with Gasteiger partial charge in [-0.3, -0.25) is 14.9 Å². The fourth-order valence-electron chi connectivity index (χ4n) is 3.03. The highest BCUT2D eigenvalue weighted by Gasteiger charge is 2.26. The molecule has 11 heteroatoms. The van der Waals surface area contributed by atoms with Gasteiger partial charge in [-0.1, -0.05) is 0 Å². The number of carbonyl (C=O) groups excluding carboxylic acids is 2. The first kappa shape index (κ1) is 22.5. The Labute approximate surface area is 186 Å². The quantitative estimate of drug-likeness (QED) is 0.202. The summed E-state index contributed by atoms with van der Waals surface area (Å²) in [5, 5.41) is 30.4. The van der Waals surface area contributed by atoms with Crippen LogP contribution < -0.4 is 9.47 Å². The minimum atomic E-state index is -0.660. The number of Topliss-reactive ketones (excluding diaryl/α,β-unsaturated/α-hetero) is 1. The van der Waals surface area contributed by atoms with Crippen molar-refractivity contribution in [2.75, 3.05) is 13.4 Å². The van der Waals surface area contributed by atoms with E-state index in [4.69, 9.17) is 14.2 Å². The van der Waals surface area contributed by atoms with Crippen LogP contribution in [0.4, 0.5) is 5.69 Å². The average Bonchev–Trinajstić information content (AvgIpc) is 3.34. The van der Waals surface area contributed by atoms with E-state index in [0.717, 1.165) is 23.5 Å². The van der Waals surface area contributed by atoms with Crippen molar-refractivity contribution in [2.24, 2.45) is 0 Å². The number of thiophene rings is 1. The molecular weight excluding hydrogens is 438 g/mol. The molecule has 0 unspecified atom stereocenters. The number of ketones is 1. The second kappa shape index (κ2) is 9.29. The number of fused-ring (bicyclic) bond motifs is 1. The lowest BCUT2D eigenvalue weighted by molar-refractivity contribution is -0.385. The highest BCUT2D eigenvalue weighted by Crippen LogP contribution is 2.39. The third kappa shape index (κ3) is 4.29. The van der Waals surface area contributed by atoms with Gasteiger partial charge in [-0.25, -0.2) is 4.79 Å². The van der Waals surface area contributed by atoms with Crippen molar-refractivity contribution < 1.29 is 28.7 Å². The van der Waals surface area contributed by atoms with Gasteiger partial charge in [0.2, 0.25) is 6.79 Å². The van der Waals surface area contributed by atoms with Gasteiger partial charge >= 0.3 is 5.97 Å². The highest BCUT2D eigenvalue weighted by molar-refractivity contribution is 7.14. The number of nitro benzene ring substituents is 1. The zero-order valence-corrected chi connectivity index (χ0v) is 17.8. The molecule has 1 aliphatic rings. The Hall–Kier alpha value is -4.22. The summed E-state index contributed by atoms with van der Waals surface area (Å²) >= 11 is 0.946. The van der Waals surface area contributed by atoms with Gasteiger partial charge in [-0.05, 0) is 31.6 Å². The van der Waals surface area contributed by atoms with E-state index in [2.05, 4.69) is 0 Å². The molecule has 1 aromatic heterocycles. The molecule has 0 aliphatic carbocycles. The van der Waals surface area contributed by atoms with Crippen LogP contribution in [0.2, 0.25) is 0 Å². The molecule has 1 aliphatic heterocycles. The minimum Gasteiger partial charge on any atom is -0.462 e. The smallest absolute Gasteiger partial charge is 0.348 e. The van der Waals surface area contributed by atoms with Crippen molar-refractivity contribution >= 4 is 34.9 Å². The molecule has 2 aromatic rings. The van der Waals surface area contributed by atoms with E-state index in [1.165, 1.54) is 6.07 Å². The topological polar surface area (TPSA) is 153 Å². The number of carbonyl (C=O) groups is 2. The standard InChI is InChI=1S/C21H15N3O7S/c1-3-29-21(26)20-11(2)14(9-23)19(32-20)7-16(25)13(8-22)4-12-5-17-18(31-10-30-17)6-15(12)24(27)28/h4-6H,3,7,10H2,1-2H3/b13-4+. The number of allylic oxidation sites excluding steroid dienone is 1. The first-order valence-electron chi connectivity index (χ1n) is 9.23. The van der Waals surface area contributed by atoms with Crippen LogP contribution >= 0.6 is 11.3 Å².